The number of fused-ring (bicyclic) bond motifs is 5. The standard InChI is InChI=1S/C33H22N2O/c1-36-24-14-12-22(13-15-24)32-25-6-2-4-8-27(25)33(28-9-5-3-7-26(28)32)31-18-29-23(19-35-31)11-10-21-16-17-34-20-30(21)29/h2-20H,1H3. The van der Waals surface area contributed by atoms with Gasteiger partial charge in [-0.15, -0.1) is 0 Å². The van der Waals surface area contributed by atoms with Crippen molar-refractivity contribution in [2.45, 2.75) is 0 Å². The van der Waals surface area contributed by atoms with Crippen molar-refractivity contribution < 1.29 is 4.74 Å². The van der Waals surface area contributed by atoms with E-state index < -0.39 is 0 Å². The summed E-state index contributed by atoms with van der Waals surface area (Å²) in [5.74, 6) is 0.853. The smallest absolute Gasteiger partial charge is 0.118 e. The Morgan fingerprint density at radius 1 is 0.556 bits per heavy atom. The van der Waals surface area contributed by atoms with Gasteiger partial charge in [0.2, 0.25) is 0 Å². The number of hydrogen-bond acceptors (Lipinski definition) is 3. The lowest BCUT2D eigenvalue weighted by atomic mass is 9.87. The number of aromatic nitrogens is 2. The monoisotopic (exact) mass is 462 g/mol. The zero-order valence-electron chi connectivity index (χ0n) is 19.8. The van der Waals surface area contributed by atoms with Crippen LogP contribution in [0.25, 0.3) is 65.5 Å². The second-order valence-electron chi connectivity index (χ2n) is 9.02. The van der Waals surface area contributed by atoms with Gasteiger partial charge in [0.05, 0.1) is 12.8 Å². The minimum atomic E-state index is 0.853. The van der Waals surface area contributed by atoms with Crippen LogP contribution in [-0.2, 0) is 0 Å². The predicted molar refractivity (Wildman–Crippen MR) is 149 cm³/mol. The second-order valence-corrected chi connectivity index (χ2v) is 9.02. The molecule has 0 fully saturated rings. The SMILES string of the molecule is COc1ccc(-c2c3ccccc3c(-c3cc4c(ccc5ccncc54)cn3)c3ccccc23)cc1. The van der Waals surface area contributed by atoms with E-state index in [4.69, 9.17) is 9.72 Å². The van der Waals surface area contributed by atoms with Crippen molar-refractivity contribution in [3.63, 3.8) is 0 Å². The van der Waals surface area contributed by atoms with E-state index in [1.54, 1.807) is 7.11 Å². The summed E-state index contributed by atoms with van der Waals surface area (Å²) in [5.41, 5.74) is 4.51. The molecule has 170 valence electrons. The molecular formula is C33H22N2O. The number of hydrogen-bond donors (Lipinski definition) is 0. The Morgan fingerprint density at radius 2 is 1.19 bits per heavy atom. The maximum atomic E-state index is 5.41. The van der Waals surface area contributed by atoms with Crippen LogP contribution in [0.1, 0.15) is 0 Å². The molecular weight excluding hydrogens is 440 g/mol. The fourth-order valence-electron chi connectivity index (χ4n) is 5.40. The van der Waals surface area contributed by atoms with E-state index in [1.165, 1.54) is 38.1 Å². The largest absolute Gasteiger partial charge is 0.497 e. The maximum Gasteiger partial charge on any atom is 0.118 e. The number of methoxy groups -OCH3 is 1. The van der Waals surface area contributed by atoms with Crippen molar-refractivity contribution in [1.29, 1.82) is 0 Å². The van der Waals surface area contributed by atoms with Gasteiger partial charge in [-0.25, -0.2) is 0 Å². The summed E-state index contributed by atoms with van der Waals surface area (Å²) in [6.45, 7) is 0. The number of benzene rings is 5. The first kappa shape index (κ1) is 20.6. The third-order valence-corrected chi connectivity index (χ3v) is 7.09. The molecule has 36 heavy (non-hydrogen) atoms. The zero-order valence-corrected chi connectivity index (χ0v) is 19.8. The van der Waals surface area contributed by atoms with Crippen LogP contribution in [0.15, 0.2) is 116 Å². The lowest BCUT2D eigenvalue weighted by Gasteiger charge is -2.17. The van der Waals surface area contributed by atoms with Gasteiger partial charge in [-0.3, -0.25) is 9.97 Å². The molecule has 0 radical (unpaired) electrons. The summed E-state index contributed by atoms with van der Waals surface area (Å²) >= 11 is 0. The third-order valence-electron chi connectivity index (χ3n) is 7.09. The van der Waals surface area contributed by atoms with E-state index in [9.17, 15) is 0 Å². The van der Waals surface area contributed by atoms with Crippen LogP contribution in [0.2, 0.25) is 0 Å². The first-order valence-electron chi connectivity index (χ1n) is 12.0. The van der Waals surface area contributed by atoms with Crippen LogP contribution in [-0.4, -0.2) is 17.1 Å². The van der Waals surface area contributed by atoms with Crippen molar-refractivity contribution in [3.8, 4) is 28.1 Å². The van der Waals surface area contributed by atoms with Gasteiger partial charge >= 0.3 is 0 Å². The molecule has 0 atom stereocenters. The van der Waals surface area contributed by atoms with Crippen molar-refractivity contribution in [2.75, 3.05) is 7.11 Å². The summed E-state index contributed by atoms with van der Waals surface area (Å²) in [7, 11) is 1.70. The quantitative estimate of drug-likeness (QED) is 0.195. The molecule has 2 aromatic heterocycles. The van der Waals surface area contributed by atoms with Crippen molar-refractivity contribution in [3.05, 3.63) is 116 Å². The summed E-state index contributed by atoms with van der Waals surface area (Å²) in [6.07, 6.45) is 5.78. The summed E-state index contributed by atoms with van der Waals surface area (Å²) in [4.78, 5) is 9.37. The number of rotatable bonds is 3. The third kappa shape index (κ3) is 3.14. The minimum absolute atomic E-state index is 0.853. The second kappa shape index (κ2) is 8.17. The van der Waals surface area contributed by atoms with E-state index in [0.29, 0.717) is 0 Å². The van der Waals surface area contributed by atoms with E-state index >= 15 is 0 Å². The fourth-order valence-corrected chi connectivity index (χ4v) is 5.40. The van der Waals surface area contributed by atoms with Crippen molar-refractivity contribution >= 4 is 43.1 Å². The normalized spacial score (nSPS) is 11.5. The van der Waals surface area contributed by atoms with Gasteiger partial charge in [-0.1, -0.05) is 72.8 Å². The average Bonchev–Trinajstić information content (AvgIpc) is 2.95. The highest BCUT2D eigenvalue weighted by molar-refractivity contribution is 6.21. The molecule has 3 nitrogen and oxygen atoms in total. The van der Waals surface area contributed by atoms with E-state index in [-0.39, 0.29) is 0 Å². The number of pyridine rings is 2. The Balaban J connectivity index is 1.59. The molecule has 0 spiro atoms. The topological polar surface area (TPSA) is 35.0 Å². The van der Waals surface area contributed by atoms with Gasteiger partial charge in [0.25, 0.3) is 0 Å². The van der Waals surface area contributed by atoms with Crippen LogP contribution in [0.4, 0.5) is 0 Å². The van der Waals surface area contributed by atoms with Gasteiger partial charge in [0.1, 0.15) is 5.75 Å². The highest BCUT2D eigenvalue weighted by Crippen LogP contribution is 2.43. The Bertz CT molecular complexity index is 1870. The Labute approximate surface area is 208 Å². The number of nitrogens with zero attached hydrogens (tertiary/aromatic N) is 2. The van der Waals surface area contributed by atoms with Gasteiger partial charge < -0.3 is 4.74 Å². The Morgan fingerprint density at radius 3 is 1.86 bits per heavy atom. The first-order chi connectivity index (χ1) is 17.8. The number of ether oxygens (including phenoxy) is 1. The zero-order chi connectivity index (χ0) is 24.1. The fraction of sp³-hybridized carbons (Fsp3) is 0.0303. The highest BCUT2D eigenvalue weighted by Gasteiger charge is 2.17. The van der Waals surface area contributed by atoms with Gasteiger partial charge in [-0.2, -0.15) is 0 Å². The Kier molecular flexibility index (Phi) is 4.68. The molecule has 0 amide bonds. The predicted octanol–water partition coefficient (Wildman–Crippen LogP) is 8.43. The molecule has 7 aromatic rings. The molecule has 0 bridgehead atoms. The van der Waals surface area contributed by atoms with Gasteiger partial charge in [0, 0.05) is 34.9 Å². The molecule has 0 N–H and O–H groups in total. The van der Waals surface area contributed by atoms with Crippen molar-refractivity contribution in [1.82, 2.24) is 9.97 Å². The lowest BCUT2D eigenvalue weighted by Crippen LogP contribution is -1.93. The van der Waals surface area contributed by atoms with Crippen LogP contribution >= 0.6 is 0 Å². The summed E-state index contributed by atoms with van der Waals surface area (Å²) in [5, 5.41) is 9.39. The van der Waals surface area contributed by atoms with E-state index in [0.717, 1.165) is 33.2 Å². The maximum absolute atomic E-state index is 5.41. The minimum Gasteiger partial charge on any atom is -0.497 e. The molecule has 0 saturated carbocycles. The van der Waals surface area contributed by atoms with E-state index in [1.807, 2.05) is 30.7 Å². The van der Waals surface area contributed by atoms with E-state index in [2.05, 4.69) is 89.9 Å². The summed E-state index contributed by atoms with van der Waals surface area (Å²) in [6, 6.07) is 34.2. The first-order valence-corrected chi connectivity index (χ1v) is 12.0. The molecule has 0 unspecified atom stereocenters. The molecule has 0 saturated heterocycles. The molecule has 0 aliphatic carbocycles. The van der Waals surface area contributed by atoms with Crippen molar-refractivity contribution in [2.24, 2.45) is 0 Å². The van der Waals surface area contributed by atoms with Crippen LogP contribution < -0.4 is 4.74 Å². The molecule has 0 aliphatic heterocycles. The summed E-state index contributed by atoms with van der Waals surface area (Å²) < 4.78 is 5.41. The van der Waals surface area contributed by atoms with Crippen LogP contribution in [0.5, 0.6) is 5.75 Å². The average molecular weight is 463 g/mol. The molecule has 5 aromatic carbocycles. The molecule has 3 heteroatoms. The highest BCUT2D eigenvalue weighted by atomic mass is 16.5. The lowest BCUT2D eigenvalue weighted by molar-refractivity contribution is 0.415. The molecule has 7 rings (SSSR count). The van der Waals surface area contributed by atoms with Crippen LogP contribution in [0, 0.1) is 0 Å². The van der Waals surface area contributed by atoms with Gasteiger partial charge in [-0.05, 0) is 67.7 Å². The molecule has 2 heterocycles. The van der Waals surface area contributed by atoms with Crippen LogP contribution in [0.3, 0.4) is 0 Å². The Hall–Kier alpha value is -4.76. The molecule has 0 aliphatic rings. The van der Waals surface area contributed by atoms with Gasteiger partial charge in [0.15, 0.2) is 0 Å².